The van der Waals surface area contributed by atoms with E-state index >= 15 is 0 Å². The Morgan fingerprint density at radius 3 is 2.00 bits per heavy atom. The van der Waals surface area contributed by atoms with Crippen LogP contribution in [-0.2, 0) is 0 Å². The summed E-state index contributed by atoms with van der Waals surface area (Å²) in [6, 6.07) is 73.8. The third-order valence-corrected chi connectivity index (χ3v) is 12.4. The average Bonchev–Trinajstić information content (AvgIpc) is 3.92. The molecule has 0 radical (unpaired) electrons. The Balaban J connectivity index is 0.948. The van der Waals surface area contributed by atoms with Gasteiger partial charge in [0.05, 0.1) is 6.04 Å². The van der Waals surface area contributed by atoms with Crippen molar-refractivity contribution >= 4 is 55.4 Å². The summed E-state index contributed by atoms with van der Waals surface area (Å²) in [5, 5.41) is 4.67. The molecule has 0 saturated heterocycles. The number of anilines is 4. The van der Waals surface area contributed by atoms with Crippen LogP contribution in [0.2, 0.25) is 0 Å². The highest BCUT2D eigenvalue weighted by molar-refractivity contribution is 6.09. The molecule has 10 aromatic rings. The second-order valence-corrected chi connectivity index (χ2v) is 15.9. The number of hydrogen-bond acceptors (Lipinski definition) is 4. The maximum atomic E-state index is 6.43. The Bertz CT molecular complexity index is 3310. The highest BCUT2D eigenvalue weighted by atomic mass is 16.3. The van der Waals surface area contributed by atoms with Crippen molar-refractivity contribution in [2.24, 2.45) is 0 Å². The van der Waals surface area contributed by atoms with Crippen LogP contribution >= 0.6 is 0 Å². The number of para-hydroxylation sites is 2. The molecule has 2 unspecified atom stereocenters. The molecule has 4 nitrogen and oxygen atoms in total. The second kappa shape index (κ2) is 14.4. The minimum absolute atomic E-state index is 0.115. The summed E-state index contributed by atoms with van der Waals surface area (Å²) in [6.07, 6.45) is 7.17. The Morgan fingerprint density at radius 2 is 1.20 bits per heavy atom. The largest absolute Gasteiger partial charge is 0.435 e. The summed E-state index contributed by atoms with van der Waals surface area (Å²) >= 11 is 0. The molecule has 0 spiro atoms. The van der Waals surface area contributed by atoms with Crippen molar-refractivity contribution in [1.29, 1.82) is 0 Å². The van der Waals surface area contributed by atoms with Gasteiger partial charge in [-0.3, -0.25) is 0 Å². The first-order chi connectivity index (χ1) is 30.2. The second-order valence-electron chi connectivity index (χ2n) is 15.9. The average molecular weight is 782 g/mol. The van der Waals surface area contributed by atoms with E-state index in [0.29, 0.717) is 5.89 Å². The van der Waals surface area contributed by atoms with Gasteiger partial charge in [-0.2, -0.15) is 0 Å². The molecule has 0 N–H and O–H groups in total. The van der Waals surface area contributed by atoms with E-state index in [1.165, 1.54) is 38.8 Å². The van der Waals surface area contributed by atoms with Gasteiger partial charge in [0, 0.05) is 45.3 Å². The molecule has 12 rings (SSSR count). The third kappa shape index (κ3) is 6.03. The lowest BCUT2D eigenvalue weighted by atomic mass is 9.89. The van der Waals surface area contributed by atoms with Crippen LogP contribution in [0, 0.1) is 0 Å². The van der Waals surface area contributed by atoms with Gasteiger partial charge in [-0.15, -0.1) is 0 Å². The highest BCUT2D eigenvalue weighted by Gasteiger charge is 2.39. The Labute approximate surface area is 354 Å². The fourth-order valence-electron chi connectivity index (χ4n) is 9.48. The van der Waals surface area contributed by atoms with Crippen LogP contribution in [0.5, 0.6) is 0 Å². The smallest absolute Gasteiger partial charge is 0.227 e. The van der Waals surface area contributed by atoms with Gasteiger partial charge in [-0.1, -0.05) is 146 Å². The molecular weight excluding hydrogens is 743 g/mol. The van der Waals surface area contributed by atoms with E-state index in [-0.39, 0.29) is 12.0 Å². The van der Waals surface area contributed by atoms with Crippen molar-refractivity contribution in [3.8, 4) is 33.7 Å². The predicted molar refractivity (Wildman–Crippen MR) is 253 cm³/mol. The summed E-state index contributed by atoms with van der Waals surface area (Å²) < 4.78 is 6.43. The van der Waals surface area contributed by atoms with E-state index in [1.54, 1.807) is 0 Å². The van der Waals surface area contributed by atoms with E-state index < -0.39 is 0 Å². The third-order valence-electron chi connectivity index (χ3n) is 12.4. The Morgan fingerprint density at radius 1 is 0.508 bits per heavy atom. The van der Waals surface area contributed by atoms with Gasteiger partial charge in [-0.05, 0) is 123 Å². The zero-order valence-electron chi connectivity index (χ0n) is 33.3. The normalized spacial score (nSPS) is 15.5. The number of allylic oxidation sites excluding steroid dienone is 1. The highest BCUT2D eigenvalue weighted by Crippen LogP contribution is 2.49. The molecule has 1 aromatic heterocycles. The van der Waals surface area contributed by atoms with Crippen molar-refractivity contribution < 1.29 is 4.42 Å². The van der Waals surface area contributed by atoms with Crippen molar-refractivity contribution in [2.75, 3.05) is 9.80 Å². The van der Waals surface area contributed by atoms with Crippen LogP contribution < -0.4 is 9.80 Å². The first-order valence-corrected chi connectivity index (χ1v) is 20.9. The van der Waals surface area contributed by atoms with Gasteiger partial charge >= 0.3 is 0 Å². The summed E-state index contributed by atoms with van der Waals surface area (Å²) in [4.78, 5) is 9.75. The first-order valence-electron chi connectivity index (χ1n) is 20.9. The van der Waals surface area contributed by atoms with Crippen LogP contribution in [0.15, 0.2) is 235 Å². The molecule has 2 aliphatic rings. The molecule has 1 aliphatic heterocycles. The minimum atomic E-state index is 0.115. The SMILES string of the molecule is C1=CC2c3ccccc3N(c3ccccc3)C2C=C1N(c1ccc(-c2ccc3ccccc3c2)cc1)c1ccc(-c2cccc3c2ccc2nc(-c4ccccc4)oc23)cc1. The van der Waals surface area contributed by atoms with Crippen LogP contribution in [0.3, 0.4) is 0 Å². The van der Waals surface area contributed by atoms with E-state index in [4.69, 9.17) is 9.40 Å². The minimum Gasteiger partial charge on any atom is -0.435 e. The molecule has 0 bridgehead atoms. The fraction of sp³-hybridized carbons (Fsp3) is 0.0351. The standard InChI is InChI=1S/C57H39N3O/c1-3-13-41(14-4-1)57-58-53-35-34-49-48(19-11-20-52(49)56(53)61-57)40-26-30-46(31-27-40)59(45-28-24-39(25-29-45)43-23-22-38-12-7-8-15-42(38)36-43)47-32-33-51-50-18-9-10-21-54(50)60(55(51)37-47)44-16-5-2-6-17-44/h1-37,51,55H. The molecule has 2 atom stereocenters. The van der Waals surface area contributed by atoms with Crippen molar-refractivity contribution in [2.45, 2.75) is 12.0 Å². The zero-order chi connectivity index (χ0) is 40.3. The lowest BCUT2D eigenvalue weighted by Gasteiger charge is -2.34. The molecule has 0 amide bonds. The lowest BCUT2D eigenvalue weighted by Crippen LogP contribution is -2.31. The molecule has 0 fully saturated rings. The van der Waals surface area contributed by atoms with E-state index in [9.17, 15) is 0 Å². The van der Waals surface area contributed by atoms with E-state index in [1.807, 2.05) is 30.3 Å². The van der Waals surface area contributed by atoms with Gasteiger partial charge in [0.2, 0.25) is 5.89 Å². The van der Waals surface area contributed by atoms with E-state index in [2.05, 4.69) is 204 Å². The maximum Gasteiger partial charge on any atom is 0.227 e. The number of hydrogen-bond donors (Lipinski definition) is 0. The monoisotopic (exact) mass is 781 g/mol. The van der Waals surface area contributed by atoms with E-state index in [0.717, 1.165) is 55.6 Å². The van der Waals surface area contributed by atoms with Gasteiger partial charge in [0.1, 0.15) is 5.52 Å². The van der Waals surface area contributed by atoms with Gasteiger partial charge in [0.25, 0.3) is 0 Å². The summed E-state index contributed by atoms with van der Waals surface area (Å²) in [7, 11) is 0. The predicted octanol–water partition coefficient (Wildman–Crippen LogP) is 15.0. The Kier molecular flexibility index (Phi) is 8.27. The number of rotatable bonds is 7. The lowest BCUT2D eigenvalue weighted by molar-refractivity contribution is 0.623. The molecule has 4 heteroatoms. The molecule has 2 heterocycles. The molecular formula is C57H39N3O. The molecule has 288 valence electrons. The topological polar surface area (TPSA) is 32.5 Å². The summed E-state index contributed by atoms with van der Waals surface area (Å²) in [5.41, 5.74) is 14.4. The van der Waals surface area contributed by atoms with Crippen molar-refractivity contribution in [3.63, 3.8) is 0 Å². The van der Waals surface area contributed by atoms with Gasteiger partial charge in [0.15, 0.2) is 5.58 Å². The number of fused-ring (bicyclic) bond motifs is 7. The zero-order valence-corrected chi connectivity index (χ0v) is 33.3. The number of nitrogens with zero attached hydrogens (tertiary/aromatic N) is 3. The number of benzene rings is 9. The number of aromatic nitrogens is 1. The molecule has 0 saturated carbocycles. The van der Waals surface area contributed by atoms with Crippen molar-refractivity contribution in [3.05, 3.63) is 236 Å². The van der Waals surface area contributed by atoms with Gasteiger partial charge in [-0.25, -0.2) is 4.98 Å². The first kappa shape index (κ1) is 35.0. The number of oxazole rings is 1. The summed E-state index contributed by atoms with van der Waals surface area (Å²) in [6.45, 7) is 0. The molecule has 61 heavy (non-hydrogen) atoms. The van der Waals surface area contributed by atoms with Crippen molar-refractivity contribution in [1.82, 2.24) is 4.98 Å². The van der Waals surface area contributed by atoms with Crippen LogP contribution in [0.1, 0.15) is 11.5 Å². The van der Waals surface area contributed by atoms with Gasteiger partial charge < -0.3 is 14.2 Å². The van der Waals surface area contributed by atoms with Crippen LogP contribution in [-0.4, -0.2) is 11.0 Å². The Hall–Kier alpha value is -7.95. The van der Waals surface area contributed by atoms with Crippen LogP contribution in [0.25, 0.3) is 66.4 Å². The maximum absolute atomic E-state index is 6.43. The fourth-order valence-corrected chi connectivity index (χ4v) is 9.48. The summed E-state index contributed by atoms with van der Waals surface area (Å²) in [5.74, 6) is 0.875. The van der Waals surface area contributed by atoms with Crippen LogP contribution in [0.4, 0.5) is 22.7 Å². The quantitative estimate of drug-likeness (QED) is 0.161. The molecule has 1 aliphatic carbocycles. The molecule has 9 aromatic carbocycles.